The molecule has 0 radical (unpaired) electrons. The van der Waals surface area contributed by atoms with Crippen LogP contribution < -0.4 is 5.73 Å². The molecule has 0 aromatic rings. The fourth-order valence-electron chi connectivity index (χ4n) is 2.73. The molecule has 1 aliphatic rings. The van der Waals surface area contributed by atoms with Crippen LogP contribution in [0.5, 0.6) is 0 Å². The first-order chi connectivity index (χ1) is 9.67. The minimum atomic E-state index is 0.249. The van der Waals surface area contributed by atoms with Crippen LogP contribution in [0.25, 0.3) is 0 Å². The van der Waals surface area contributed by atoms with Crippen LogP contribution in [0.15, 0.2) is 0 Å². The summed E-state index contributed by atoms with van der Waals surface area (Å²) in [4.78, 5) is 14.3. The Bertz CT molecular complexity index is 266. The number of methoxy groups -OCH3 is 2. The van der Waals surface area contributed by atoms with Gasteiger partial charge >= 0.3 is 0 Å². The van der Waals surface area contributed by atoms with E-state index in [2.05, 4.69) is 0 Å². The number of amides is 1. The molecule has 0 atom stereocenters. The minimum absolute atomic E-state index is 0.249. The van der Waals surface area contributed by atoms with Crippen molar-refractivity contribution < 1.29 is 14.3 Å². The molecule has 1 fully saturated rings. The molecular weight excluding hydrogens is 256 g/mol. The fourth-order valence-corrected chi connectivity index (χ4v) is 2.73. The molecule has 0 bridgehead atoms. The Morgan fingerprint density at radius 2 is 1.75 bits per heavy atom. The molecule has 1 aliphatic carbocycles. The Balaban J connectivity index is 2.36. The van der Waals surface area contributed by atoms with Gasteiger partial charge < -0.3 is 20.1 Å². The third kappa shape index (κ3) is 6.68. The van der Waals surface area contributed by atoms with Gasteiger partial charge in [0.2, 0.25) is 5.91 Å². The van der Waals surface area contributed by atoms with Crippen molar-refractivity contribution >= 4 is 5.91 Å². The first-order valence-corrected chi connectivity index (χ1v) is 7.68. The topological polar surface area (TPSA) is 64.8 Å². The molecule has 5 nitrogen and oxygen atoms in total. The number of hydrogen-bond acceptors (Lipinski definition) is 4. The molecule has 20 heavy (non-hydrogen) atoms. The molecule has 0 spiro atoms. The summed E-state index contributed by atoms with van der Waals surface area (Å²) in [6.07, 6.45) is 5.82. The van der Waals surface area contributed by atoms with Gasteiger partial charge in [0.25, 0.3) is 0 Å². The summed E-state index contributed by atoms with van der Waals surface area (Å²) < 4.78 is 10.1. The molecular formula is C15H30N2O3. The van der Waals surface area contributed by atoms with Crippen LogP contribution >= 0.6 is 0 Å². The van der Waals surface area contributed by atoms with Gasteiger partial charge in [-0.1, -0.05) is 0 Å². The Morgan fingerprint density at radius 3 is 2.35 bits per heavy atom. The molecule has 0 saturated heterocycles. The Kier molecular flexibility index (Phi) is 8.82. The summed E-state index contributed by atoms with van der Waals surface area (Å²) in [5.41, 5.74) is 5.91. The maximum Gasteiger partial charge on any atom is 0.222 e. The largest absolute Gasteiger partial charge is 0.385 e. The number of hydrogen-bond donors (Lipinski definition) is 1. The predicted octanol–water partition coefficient (Wildman–Crippen LogP) is 1.41. The van der Waals surface area contributed by atoms with E-state index in [1.54, 1.807) is 14.2 Å². The lowest BCUT2D eigenvalue weighted by Crippen LogP contribution is -2.37. The van der Waals surface area contributed by atoms with Gasteiger partial charge in [-0.15, -0.1) is 0 Å². The number of rotatable bonds is 9. The number of ether oxygens (including phenoxy) is 2. The van der Waals surface area contributed by atoms with Crippen molar-refractivity contribution in [2.75, 3.05) is 40.5 Å². The standard InChI is InChI=1S/C15H30N2O3/c1-19-10-3-8-17(9-11-20-2)15(18)12-13-4-6-14(16)7-5-13/h13-14H,3-12,16H2,1-2H3. The van der Waals surface area contributed by atoms with Gasteiger partial charge in [0.05, 0.1) is 6.61 Å². The van der Waals surface area contributed by atoms with Crippen LogP contribution in [0.1, 0.15) is 38.5 Å². The highest BCUT2D eigenvalue weighted by molar-refractivity contribution is 5.76. The number of carbonyl (C=O) groups excluding carboxylic acids is 1. The molecule has 0 aromatic carbocycles. The van der Waals surface area contributed by atoms with Crippen LogP contribution in [0, 0.1) is 5.92 Å². The summed E-state index contributed by atoms with van der Waals surface area (Å²) in [5, 5.41) is 0. The van der Waals surface area contributed by atoms with Crippen LogP contribution in [-0.4, -0.2) is 57.4 Å². The average molecular weight is 286 g/mol. The van der Waals surface area contributed by atoms with Gasteiger partial charge in [-0.25, -0.2) is 0 Å². The monoisotopic (exact) mass is 286 g/mol. The van der Waals surface area contributed by atoms with Gasteiger partial charge in [-0.2, -0.15) is 0 Å². The van der Waals surface area contributed by atoms with Gasteiger partial charge in [-0.05, 0) is 38.0 Å². The van der Waals surface area contributed by atoms with Crippen molar-refractivity contribution in [2.45, 2.75) is 44.6 Å². The predicted molar refractivity (Wildman–Crippen MR) is 79.5 cm³/mol. The van der Waals surface area contributed by atoms with Crippen molar-refractivity contribution in [3.05, 3.63) is 0 Å². The maximum atomic E-state index is 12.4. The smallest absolute Gasteiger partial charge is 0.222 e. The summed E-state index contributed by atoms with van der Waals surface area (Å²) in [6, 6.07) is 0.340. The minimum Gasteiger partial charge on any atom is -0.385 e. The second-order valence-corrected chi connectivity index (χ2v) is 5.70. The van der Waals surface area contributed by atoms with Crippen molar-refractivity contribution in [1.82, 2.24) is 4.90 Å². The Hall–Kier alpha value is -0.650. The first-order valence-electron chi connectivity index (χ1n) is 7.68. The molecule has 118 valence electrons. The van der Waals surface area contributed by atoms with E-state index in [-0.39, 0.29) is 5.91 Å². The lowest BCUT2D eigenvalue weighted by Gasteiger charge is -2.28. The zero-order valence-electron chi connectivity index (χ0n) is 13.0. The maximum absolute atomic E-state index is 12.4. The van der Waals surface area contributed by atoms with E-state index in [1.807, 2.05) is 4.90 Å². The Morgan fingerprint density at radius 1 is 1.10 bits per heavy atom. The highest BCUT2D eigenvalue weighted by atomic mass is 16.5. The zero-order chi connectivity index (χ0) is 14.8. The summed E-state index contributed by atoms with van der Waals surface area (Å²) in [6.45, 7) is 2.71. The molecule has 2 N–H and O–H groups in total. The quantitative estimate of drug-likeness (QED) is 0.651. The van der Waals surface area contributed by atoms with Crippen LogP contribution in [-0.2, 0) is 14.3 Å². The SMILES string of the molecule is COCCCN(CCOC)C(=O)CC1CCC(N)CC1. The van der Waals surface area contributed by atoms with Crippen molar-refractivity contribution in [1.29, 1.82) is 0 Å². The van der Waals surface area contributed by atoms with Crippen molar-refractivity contribution in [3.8, 4) is 0 Å². The number of nitrogens with zero attached hydrogens (tertiary/aromatic N) is 1. The second kappa shape index (κ2) is 10.1. The van der Waals surface area contributed by atoms with E-state index in [0.29, 0.717) is 38.1 Å². The third-order valence-electron chi connectivity index (χ3n) is 4.05. The van der Waals surface area contributed by atoms with E-state index in [4.69, 9.17) is 15.2 Å². The molecule has 1 rings (SSSR count). The molecule has 0 heterocycles. The van der Waals surface area contributed by atoms with Crippen molar-refractivity contribution in [2.24, 2.45) is 11.7 Å². The highest BCUT2D eigenvalue weighted by Crippen LogP contribution is 2.26. The average Bonchev–Trinajstić information content (AvgIpc) is 2.45. The first kappa shape index (κ1) is 17.4. The van der Waals surface area contributed by atoms with Gasteiger partial charge in [0.1, 0.15) is 0 Å². The third-order valence-corrected chi connectivity index (χ3v) is 4.05. The molecule has 1 saturated carbocycles. The Labute approximate surface area is 122 Å². The van der Waals surface area contributed by atoms with E-state index in [0.717, 1.165) is 38.6 Å². The lowest BCUT2D eigenvalue weighted by atomic mass is 9.84. The van der Waals surface area contributed by atoms with E-state index >= 15 is 0 Å². The lowest BCUT2D eigenvalue weighted by molar-refractivity contribution is -0.133. The summed E-state index contributed by atoms with van der Waals surface area (Å²) >= 11 is 0. The summed E-state index contributed by atoms with van der Waals surface area (Å²) in [5.74, 6) is 0.758. The molecule has 1 amide bonds. The normalized spacial score (nSPS) is 22.8. The highest BCUT2D eigenvalue weighted by Gasteiger charge is 2.23. The van der Waals surface area contributed by atoms with Crippen molar-refractivity contribution in [3.63, 3.8) is 0 Å². The molecule has 0 aliphatic heterocycles. The zero-order valence-corrected chi connectivity index (χ0v) is 13.0. The number of carbonyl (C=O) groups is 1. The van der Waals surface area contributed by atoms with Crippen LogP contribution in [0.4, 0.5) is 0 Å². The van der Waals surface area contributed by atoms with E-state index in [1.165, 1.54) is 0 Å². The summed E-state index contributed by atoms with van der Waals surface area (Å²) in [7, 11) is 3.35. The van der Waals surface area contributed by atoms with Gasteiger partial charge in [-0.3, -0.25) is 4.79 Å². The van der Waals surface area contributed by atoms with Gasteiger partial charge in [0, 0.05) is 46.4 Å². The number of nitrogens with two attached hydrogens (primary N) is 1. The fraction of sp³-hybridized carbons (Fsp3) is 0.933. The molecule has 0 aromatic heterocycles. The second-order valence-electron chi connectivity index (χ2n) is 5.70. The van der Waals surface area contributed by atoms with E-state index < -0.39 is 0 Å². The molecule has 0 unspecified atom stereocenters. The molecule has 5 heteroatoms. The van der Waals surface area contributed by atoms with Gasteiger partial charge in [0.15, 0.2) is 0 Å². The van der Waals surface area contributed by atoms with Crippen LogP contribution in [0.2, 0.25) is 0 Å². The van der Waals surface area contributed by atoms with E-state index in [9.17, 15) is 4.79 Å². The van der Waals surface area contributed by atoms with Crippen LogP contribution in [0.3, 0.4) is 0 Å².